The summed E-state index contributed by atoms with van der Waals surface area (Å²) in [7, 11) is 4.43. The Labute approximate surface area is 63.2 Å². The normalized spacial score (nSPS) is 33.6. The molecule has 0 aromatic heterocycles. The van der Waals surface area contributed by atoms with Crippen LogP contribution in [-0.4, -0.2) is 37.1 Å². The highest BCUT2D eigenvalue weighted by molar-refractivity contribution is 5.65. The van der Waals surface area contributed by atoms with Gasteiger partial charge in [0.1, 0.15) is 13.6 Å². The standard InChI is InChI=1S/C8H17N2/c1-5-8-6-9(3)7(2)10(8)4/h8H,5-6H2,1-4H3/q+1/p+1. The van der Waals surface area contributed by atoms with Gasteiger partial charge in [-0.05, 0) is 0 Å². The molecule has 2 nitrogen and oxygen atoms in total. The van der Waals surface area contributed by atoms with Crippen LogP contribution >= 0.6 is 0 Å². The van der Waals surface area contributed by atoms with E-state index in [9.17, 15) is 0 Å². The fraction of sp³-hybridized carbons (Fsp3) is 0.875. The van der Waals surface area contributed by atoms with Crippen molar-refractivity contribution in [1.82, 2.24) is 0 Å². The largest absolute Gasteiger partial charge is 0.333 e. The van der Waals surface area contributed by atoms with E-state index in [-0.39, 0.29) is 0 Å². The van der Waals surface area contributed by atoms with Crippen molar-refractivity contribution in [1.29, 1.82) is 0 Å². The molecule has 2 atom stereocenters. The number of nitrogens with one attached hydrogen (secondary N) is 1. The summed E-state index contributed by atoms with van der Waals surface area (Å²) >= 11 is 0. The third-order valence-electron chi connectivity index (χ3n) is 2.71. The first kappa shape index (κ1) is 7.73. The molecule has 2 heteroatoms. The van der Waals surface area contributed by atoms with Crippen LogP contribution in [0.5, 0.6) is 0 Å². The lowest BCUT2D eigenvalue weighted by molar-refractivity contribution is -0.779. The molecule has 1 aliphatic heterocycles. The molecule has 0 aliphatic carbocycles. The molecule has 0 aromatic carbocycles. The molecule has 0 saturated heterocycles. The predicted octanol–water partition coefficient (Wildman–Crippen LogP) is -0.646. The van der Waals surface area contributed by atoms with Crippen molar-refractivity contribution in [3.05, 3.63) is 0 Å². The second kappa shape index (κ2) is 2.70. The van der Waals surface area contributed by atoms with Gasteiger partial charge in [0, 0.05) is 6.42 Å². The van der Waals surface area contributed by atoms with E-state index < -0.39 is 0 Å². The van der Waals surface area contributed by atoms with Gasteiger partial charge in [-0.25, -0.2) is 4.90 Å². The van der Waals surface area contributed by atoms with E-state index >= 15 is 0 Å². The van der Waals surface area contributed by atoms with Crippen LogP contribution in [0.15, 0.2) is 0 Å². The van der Waals surface area contributed by atoms with Crippen LogP contribution in [0, 0.1) is 0 Å². The smallest absolute Gasteiger partial charge is 0.248 e. The molecule has 1 rings (SSSR count). The van der Waals surface area contributed by atoms with Gasteiger partial charge in [-0.15, -0.1) is 0 Å². The van der Waals surface area contributed by atoms with Gasteiger partial charge in [0.25, 0.3) is 0 Å². The molecule has 1 aliphatic rings. The molecule has 58 valence electrons. The topological polar surface area (TPSA) is 7.45 Å². The average Bonchev–Trinajstić information content (AvgIpc) is 2.17. The summed E-state index contributed by atoms with van der Waals surface area (Å²) in [5.41, 5.74) is 0. The maximum atomic E-state index is 2.40. The molecule has 0 bridgehead atoms. The molecule has 0 spiro atoms. The van der Waals surface area contributed by atoms with Crippen LogP contribution in [0.1, 0.15) is 20.3 Å². The van der Waals surface area contributed by atoms with E-state index in [0.29, 0.717) is 0 Å². The molecule has 1 heterocycles. The van der Waals surface area contributed by atoms with Gasteiger partial charge < -0.3 is 0 Å². The highest BCUT2D eigenvalue weighted by Gasteiger charge is 2.34. The summed E-state index contributed by atoms with van der Waals surface area (Å²) < 4.78 is 2.40. The van der Waals surface area contributed by atoms with Crippen molar-refractivity contribution >= 4 is 5.84 Å². The first-order valence-electron chi connectivity index (χ1n) is 4.06. The number of hydrogen-bond acceptors (Lipinski definition) is 0. The highest BCUT2D eigenvalue weighted by Crippen LogP contribution is 1.96. The van der Waals surface area contributed by atoms with Crippen LogP contribution < -0.4 is 4.90 Å². The van der Waals surface area contributed by atoms with E-state index in [4.69, 9.17) is 0 Å². The molecule has 0 saturated carbocycles. The molecule has 0 aromatic rings. The van der Waals surface area contributed by atoms with Crippen LogP contribution in [-0.2, 0) is 0 Å². The first-order chi connectivity index (χ1) is 4.66. The van der Waals surface area contributed by atoms with Crippen molar-refractivity contribution in [3.63, 3.8) is 0 Å². The average molecular weight is 142 g/mol. The SMILES string of the molecule is CCC1C[NH+](C)C(C)=[N+]1C. The second-order valence-electron chi connectivity index (χ2n) is 3.24. The number of quaternary nitrogens is 1. The minimum Gasteiger partial charge on any atom is -0.248 e. The minimum absolute atomic E-state index is 0.778. The fourth-order valence-corrected chi connectivity index (χ4v) is 1.63. The van der Waals surface area contributed by atoms with E-state index in [1.807, 2.05) is 0 Å². The number of nitrogens with zero attached hydrogens (tertiary/aromatic N) is 1. The van der Waals surface area contributed by atoms with Crippen molar-refractivity contribution in [2.45, 2.75) is 26.3 Å². The maximum absolute atomic E-state index is 2.40. The van der Waals surface area contributed by atoms with Crippen molar-refractivity contribution in [3.8, 4) is 0 Å². The lowest BCUT2D eigenvalue weighted by Gasteiger charge is -1.99. The molecule has 0 amide bonds. The zero-order valence-electron chi connectivity index (χ0n) is 7.44. The van der Waals surface area contributed by atoms with Gasteiger partial charge >= 0.3 is 5.84 Å². The Morgan fingerprint density at radius 1 is 1.70 bits per heavy atom. The van der Waals surface area contributed by atoms with E-state index in [0.717, 1.165) is 6.04 Å². The molecule has 0 fully saturated rings. The van der Waals surface area contributed by atoms with Crippen molar-refractivity contribution in [2.75, 3.05) is 20.6 Å². The lowest BCUT2D eigenvalue weighted by Crippen LogP contribution is -3.10. The quantitative estimate of drug-likeness (QED) is 0.465. The highest BCUT2D eigenvalue weighted by atomic mass is 15.3. The van der Waals surface area contributed by atoms with Crippen molar-refractivity contribution < 1.29 is 9.48 Å². The van der Waals surface area contributed by atoms with Gasteiger partial charge in [0.2, 0.25) is 6.04 Å². The Morgan fingerprint density at radius 3 is 2.50 bits per heavy atom. The molecular formula is C8H18N2+2. The molecule has 2 unspecified atom stereocenters. The summed E-state index contributed by atoms with van der Waals surface area (Å²) in [6, 6.07) is 0.778. The molecular weight excluding hydrogens is 124 g/mol. The number of rotatable bonds is 1. The second-order valence-corrected chi connectivity index (χ2v) is 3.24. The maximum Gasteiger partial charge on any atom is 0.333 e. The Kier molecular flexibility index (Phi) is 2.09. The number of amidine groups is 1. The zero-order valence-corrected chi connectivity index (χ0v) is 7.44. The fourth-order valence-electron chi connectivity index (χ4n) is 1.63. The summed E-state index contributed by atoms with van der Waals surface area (Å²) in [6.07, 6.45) is 1.27. The van der Waals surface area contributed by atoms with Gasteiger partial charge in [-0.2, -0.15) is 4.58 Å². The van der Waals surface area contributed by atoms with Crippen LogP contribution in [0.4, 0.5) is 0 Å². The summed E-state index contributed by atoms with van der Waals surface area (Å²) in [5, 5.41) is 0. The van der Waals surface area contributed by atoms with Crippen LogP contribution in [0.3, 0.4) is 0 Å². The zero-order chi connectivity index (χ0) is 7.72. The van der Waals surface area contributed by atoms with Gasteiger partial charge in [-0.3, -0.25) is 0 Å². The Hall–Kier alpha value is -0.370. The Morgan fingerprint density at radius 2 is 2.30 bits per heavy atom. The lowest BCUT2D eigenvalue weighted by atomic mass is 10.2. The molecule has 1 N–H and O–H groups in total. The number of likely N-dealkylation sites (N-methyl/N-ethyl adjacent to an activating group) is 2. The third kappa shape index (κ3) is 1.08. The number of hydrogen-bond donors (Lipinski definition) is 1. The van der Waals surface area contributed by atoms with E-state index in [1.165, 1.54) is 18.8 Å². The Balaban J connectivity index is 2.73. The molecule has 10 heavy (non-hydrogen) atoms. The third-order valence-corrected chi connectivity index (χ3v) is 2.71. The summed E-state index contributed by atoms with van der Waals surface area (Å²) in [4.78, 5) is 1.56. The first-order valence-corrected chi connectivity index (χ1v) is 4.06. The van der Waals surface area contributed by atoms with Gasteiger partial charge in [0.05, 0.1) is 14.0 Å². The predicted molar refractivity (Wildman–Crippen MR) is 42.7 cm³/mol. The minimum atomic E-state index is 0.778. The monoisotopic (exact) mass is 142 g/mol. The Bertz CT molecular complexity index is 161. The van der Waals surface area contributed by atoms with Gasteiger partial charge in [-0.1, -0.05) is 6.92 Å². The summed E-state index contributed by atoms with van der Waals surface area (Å²) in [6.45, 7) is 5.75. The van der Waals surface area contributed by atoms with Crippen LogP contribution in [0.2, 0.25) is 0 Å². The van der Waals surface area contributed by atoms with Crippen LogP contribution in [0.25, 0.3) is 0 Å². The molecule has 0 radical (unpaired) electrons. The van der Waals surface area contributed by atoms with E-state index in [2.05, 4.69) is 32.5 Å². The summed E-state index contributed by atoms with van der Waals surface area (Å²) in [5.74, 6) is 1.48. The van der Waals surface area contributed by atoms with E-state index in [1.54, 1.807) is 4.90 Å². The van der Waals surface area contributed by atoms with Crippen molar-refractivity contribution in [2.24, 2.45) is 0 Å². The van der Waals surface area contributed by atoms with Gasteiger partial charge in [0.15, 0.2) is 0 Å².